The van der Waals surface area contributed by atoms with Gasteiger partial charge in [0.2, 0.25) is 0 Å². The molecule has 3 heterocycles. The molecule has 1 saturated heterocycles. The fourth-order valence-corrected chi connectivity index (χ4v) is 5.07. The van der Waals surface area contributed by atoms with Crippen LogP contribution < -0.4 is 10.6 Å². The van der Waals surface area contributed by atoms with Gasteiger partial charge in [-0.15, -0.1) is 0 Å². The van der Waals surface area contributed by atoms with Crippen molar-refractivity contribution in [2.24, 2.45) is 5.92 Å². The van der Waals surface area contributed by atoms with Gasteiger partial charge >= 0.3 is 5.97 Å². The highest BCUT2D eigenvalue weighted by atomic mass is 32.2. The molecule has 0 aromatic carbocycles. The summed E-state index contributed by atoms with van der Waals surface area (Å²) in [6.07, 6.45) is 1.75. The van der Waals surface area contributed by atoms with E-state index in [1.165, 1.54) is 17.0 Å². The van der Waals surface area contributed by atoms with Crippen LogP contribution in [0.25, 0.3) is 0 Å². The van der Waals surface area contributed by atoms with Crippen LogP contribution in [0.3, 0.4) is 0 Å². The molecule has 0 bridgehead atoms. The molecule has 1 fully saturated rings. The summed E-state index contributed by atoms with van der Waals surface area (Å²) in [6.45, 7) is 4.60. The first-order chi connectivity index (χ1) is 15.1. The minimum Gasteiger partial charge on any atom is -0.459 e. The van der Waals surface area contributed by atoms with E-state index >= 15 is 0 Å². The van der Waals surface area contributed by atoms with E-state index in [-0.39, 0.29) is 29.2 Å². The molecule has 2 amide bonds. The molecule has 12 heteroatoms. The van der Waals surface area contributed by atoms with Crippen LogP contribution in [0.2, 0.25) is 0 Å². The van der Waals surface area contributed by atoms with Crippen molar-refractivity contribution in [3.63, 3.8) is 0 Å². The number of hydrogen-bond acceptors (Lipinski definition) is 8. The smallest absolute Gasteiger partial charge is 0.329 e. The molecule has 1 aliphatic heterocycles. The highest BCUT2D eigenvalue weighted by Gasteiger charge is 2.32. The Bertz CT molecular complexity index is 1090. The Hall–Kier alpha value is -3.15. The largest absolute Gasteiger partial charge is 0.459 e. The Kier molecular flexibility index (Phi) is 7.02. The van der Waals surface area contributed by atoms with Gasteiger partial charge in [0.25, 0.3) is 11.8 Å². The number of furan rings is 1. The first-order valence-electron chi connectivity index (χ1n) is 10.1. The van der Waals surface area contributed by atoms with E-state index in [1.807, 2.05) is 0 Å². The normalized spacial score (nSPS) is 18.3. The van der Waals surface area contributed by atoms with Crippen LogP contribution in [0, 0.1) is 12.8 Å². The zero-order valence-electron chi connectivity index (χ0n) is 18.0. The SMILES string of the molecule is Cc1cc(NC(=O)COC(=O)[C@@H](NC(=O)c2ccco2)C(C)C)n(C2CCS(=O)(=O)C2)n1. The molecular formula is C20H26N4O7S. The molecular weight excluding hydrogens is 440 g/mol. The van der Waals surface area contributed by atoms with E-state index < -0.39 is 40.3 Å². The van der Waals surface area contributed by atoms with Crippen LogP contribution in [0.1, 0.15) is 42.6 Å². The van der Waals surface area contributed by atoms with Crippen LogP contribution in [-0.4, -0.2) is 60.1 Å². The quantitative estimate of drug-likeness (QED) is 0.549. The lowest BCUT2D eigenvalue weighted by atomic mass is 10.0. The maximum Gasteiger partial charge on any atom is 0.329 e. The van der Waals surface area contributed by atoms with Crippen LogP contribution in [0.15, 0.2) is 28.9 Å². The van der Waals surface area contributed by atoms with Gasteiger partial charge in [-0.05, 0) is 31.4 Å². The van der Waals surface area contributed by atoms with Gasteiger partial charge in [0.1, 0.15) is 11.9 Å². The number of anilines is 1. The molecule has 0 radical (unpaired) electrons. The van der Waals surface area contributed by atoms with Gasteiger partial charge in [0.05, 0.1) is 29.5 Å². The Morgan fingerprint density at radius 2 is 2.09 bits per heavy atom. The van der Waals surface area contributed by atoms with Crippen LogP contribution in [-0.2, 0) is 24.2 Å². The highest BCUT2D eigenvalue weighted by molar-refractivity contribution is 7.91. The second kappa shape index (κ2) is 9.55. The number of esters is 1. The number of nitrogens with zero attached hydrogens (tertiary/aromatic N) is 2. The Morgan fingerprint density at radius 3 is 2.69 bits per heavy atom. The lowest BCUT2D eigenvalue weighted by molar-refractivity contribution is -0.150. The molecule has 0 aliphatic carbocycles. The van der Waals surface area contributed by atoms with Crippen LogP contribution in [0.4, 0.5) is 5.82 Å². The van der Waals surface area contributed by atoms with Crippen molar-refractivity contribution in [2.45, 2.75) is 39.3 Å². The third-order valence-corrected chi connectivity index (χ3v) is 6.73. The molecule has 0 spiro atoms. The molecule has 174 valence electrons. The Balaban J connectivity index is 1.58. The summed E-state index contributed by atoms with van der Waals surface area (Å²) in [5.74, 6) is -1.82. The summed E-state index contributed by atoms with van der Waals surface area (Å²) in [5.41, 5.74) is 0.613. The molecule has 11 nitrogen and oxygen atoms in total. The summed E-state index contributed by atoms with van der Waals surface area (Å²) in [4.78, 5) is 37.0. The number of carbonyl (C=O) groups is 3. The van der Waals surface area contributed by atoms with E-state index in [9.17, 15) is 22.8 Å². The number of amides is 2. The first-order valence-corrected chi connectivity index (χ1v) is 12.0. The number of ether oxygens (including phenoxy) is 1. The zero-order chi connectivity index (χ0) is 23.5. The van der Waals surface area contributed by atoms with Crippen molar-refractivity contribution in [2.75, 3.05) is 23.4 Å². The molecule has 1 aliphatic rings. The van der Waals surface area contributed by atoms with Gasteiger partial charge in [-0.25, -0.2) is 17.9 Å². The molecule has 2 N–H and O–H groups in total. The Labute approximate surface area is 185 Å². The van der Waals surface area contributed by atoms with E-state index in [0.29, 0.717) is 17.9 Å². The van der Waals surface area contributed by atoms with Gasteiger partial charge in [0.15, 0.2) is 22.2 Å². The van der Waals surface area contributed by atoms with Crippen LogP contribution >= 0.6 is 0 Å². The molecule has 2 atom stereocenters. The minimum absolute atomic E-state index is 0.0442. The van der Waals surface area contributed by atoms with E-state index in [0.717, 1.165) is 0 Å². The summed E-state index contributed by atoms with van der Waals surface area (Å²) in [6, 6.07) is 3.29. The number of carbonyl (C=O) groups excluding carboxylic acids is 3. The van der Waals surface area contributed by atoms with Crippen molar-refractivity contribution in [1.82, 2.24) is 15.1 Å². The van der Waals surface area contributed by atoms with E-state index in [1.54, 1.807) is 32.9 Å². The highest BCUT2D eigenvalue weighted by Crippen LogP contribution is 2.27. The molecule has 2 aromatic rings. The van der Waals surface area contributed by atoms with Crippen molar-refractivity contribution >= 4 is 33.4 Å². The minimum atomic E-state index is -3.13. The predicted octanol–water partition coefficient (Wildman–Crippen LogP) is 1.08. The summed E-state index contributed by atoms with van der Waals surface area (Å²) >= 11 is 0. The first kappa shape index (κ1) is 23.5. The second-order valence-corrected chi connectivity index (χ2v) is 10.2. The average molecular weight is 467 g/mol. The number of sulfone groups is 1. The number of hydrogen-bond donors (Lipinski definition) is 2. The lowest BCUT2D eigenvalue weighted by Gasteiger charge is -2.20. The van der Waals surface area contributed by atoms with Gasteiger partial charge in [-0.3, -0.25) is 9.59 Å². The fourth-order valence-electron chi connectivity index (χ4n) is 3.38. The summed E-state index contributed by atoms with van der Waals surface area (Å²) < 4.78 is 35.2. The van der Waals surface area contributed by atoms with Gasteiger partial charge in [-0.2, -0.15) is 5.10 Å². The maximum absolute atomic E-state index is 12.5. The molecule has 1 unspecified atom stereocenters. The van der Waals surface area contributed by atoms with Crippen LogP contribution in [0.5, 0.6) is 0 Å². The average Bonchev–Trinajstić information content (AvgIpc) is 3.44. The third-order valence-electron chi connectivity index (χ3n) is 4.98. The monoisotopic (exact) mass is 466 g/mol. The van der Waals surface area contributed by atoms with E-state index in [2.05, 4.69) is 15.7 Å². The summed E-state index contributed by atoms with van der Waals surface area (Å²) in [5, 5.41) is 9.44. The zero-order valence-corrected chi connectivity index (χ0v) is 18.8. The van der Waals surface area contributed by atoms with Crippen molar-refractivity contribution in [3.8, 4) is 0 Å². The maximum atomic E-state index is 12.5. The molecule has 2 aromatic heterocycles. The third kappa shape index (κ3) is 5.75. The summed E-state index contributed by atoms with van der Waals surface area (Å²) in [7, 11) is -3.13. The van der Waals surface area contributed by atoms with Gasteiger partial charge in [0, 0.05) is 6.07 Å². The molecule has 3 rings (SSSR count). The Morgan fingerprint density at radius 1 is 1.34 bits per heavy atom. The van der Waals surface area contributed by atoms with Crippen molar-refractivity contribution < 1.29 is 32.0 Å². The van der Waals surface area contributed by atoms with Gasteiger partial charge < -0.3 is 19.8 Å². The number of aryl methyl sites for hydroxylation is 1. The number of rotatable bonds is 8. The predicted molar refractivity (Wildman–Crippen MR) is 114 cm³/mol. The standard InChI is InChI=1S/C20H26N4O7S/c1-12(2)18(22-19(26)15-5-4-7-30-15)20(27)31-10-17(25)21-16-9-13(3)23-24(16)14-6-8-32(28,29)11-14/h4-5,7,9,12,14,18H,6,8,10-11H2,1-3H3,(H,21,25)(H,22,26)/t14?,18-/m0/s1. The van der Waals surface area contributed by atoms with Crippen molar-refractivity contribution in [1.29, 1.82) is 0 Å². The lowest BCUT2D eigenvalue weighted by Crippen LogP contribution is -2.45. The number of aromatic nitrogens is 2. The van der Waals surface area contributed by atoms with Crippen molar-refractivity contribution in [3.05, 3.63) is 35.9 Å². The number of nitrogens with one attached hydrogen (secondary N) is 2. The second-order valence-electron chi connectivity index (χ2n) is 8.00. The molecule has 0 saturated carbocycles. The topological polar surface area (TPSA) is 150 Å². The molecule has 32 heavy (non-hydrogen) atoms. The fraction of sp³-hybridized carbons (Fsp3) is 0.500. The van der Waals surface area contributed by atoms with E-state index in [4.69, 9.17) is 9.15 Å². The van der Waals surface area contributed by atoms with Gasteiger partial charge in [-0.1, -0.05) is 13.8 Å².